The number of Topliss-reactive ketones (excluding diaryl/α,β-unsaturated/α-hetero) is 1. The number of carbonyl (C=O) groups excluding carboxylic acids is 1. The van der Waals surface area contributed by atoms with Gasteiger partial charge in [-0.15, -0.1) is 0 Å². The normalized spacial score (nSPS) is 33.7. The predicted molar refractivity (Wildman–Crippen MR) is 55.4 cm³/mol. The molecule has 4 atom stereocenters. The zero-order valence-corrected chi connectivity index (χ0v) is 9.60. The molecule has 0 saturated carbocycles. The fourth-order valence-corrected chi connectivity index (χ4v) is 1.76. The van der Waals surface area contributed by atoms with E-state index in [2.05, 4.69) is 0 Å². The zero-order chi connectivity index (χ0) is 11.4. The lowest BCUT2D eigenvalue weighted by Crippen LogP contribution is -2.43. The van der Waals surface area contributed by atoms with Gasteiger partial charge in [0.2, 0.25) is 0 Å². The number of ether oxygens (including phenoxy) is 2. The molecule has 1 rings (SSSR count). The Morgan fingerprint density at radius 1 is 1.60 bits per heavy atom. The number of ketones is 1. The molecule has 1 fully saturated rings. The van der Waals surface area contributed by atoms with Gasteiger partial charge in [0.1, 0.15) is 11.9 Å². The van der Waals surface area contributed by atoms with Crippen molar-refractivity contribution in [3.63, 3.8) is 0 Å². The Kier molecular flexibility index (Phi) is 4.70. The highest BCUT2D eigenvalue weighted by molar-refractivity contribution is 5.80. The van der Waals surface area contributed by atoms with Gasteiger partial charge in [-0.1, -0.05) is 13.8 Å². The highest BCUT2D eigenvalue weighted by atomic mass is 16.7. The van der Waals surface area contributed by atoms with Crippen molar-refractivity contribution < 1.29 is 19.4 Å². The van der Waals surface area contributed by atoms with E-state index in [4.69, 9.17) is 9.47 Å². The molecule has 1 aliphatic heterocycles. The van der Waals surface area contributed by atoms with E-state index in [1.807, 2.05) is 13.8 Å². The van der Waals surface area contributed by atoms with Crippen molar-refractivity contribution in [1.29, 1.82) is 0 Å². The Morgan fingerprint density at radius 2 is 2.27 bits per heavy atom. The average molecular weight is 216 g/mol. The van der Waals surface area contributed by atoms with Crippen LogP contribution in [-0.4, -0.2) is 36.0 Å². The van der Waals surface area contributed by atoms with Crippen LogP contribution in [0.1, 0.15) is 33.6 Å². The summed E-state index contributed by atoms with van der Waals surface area (Å²) in [5.41, 5.74) is 0. The minimum Gasteiger partial charge on any atom is -0.388 e. The topological polar surface area (TPSA) is 55.8 Å². The van der Waals surface area contributed by atoms with Crippen molar-refractivity contribution in [3.8, 4) is 0 Å². The minimum absolute atomic E-state index is 0.0556. The summed E-state index contributed by atoms with van der Waals surface area (Å²) >= 11 is 0. The monoisotopic (exact) mass is 216 g/mol. The van der Waals surface area contributed by atoms with Crippen molar-refractivity contribution in [2.24, 2.45) is 5.92 Å². The molecule has 1 heterocycles. The molecular formula is C11H20O4. The second-order valence-electron chi connectivity index (χ2n) is 4.10. The molecule has 2 unspecified atom stereocenters. The van der Waals surface area contributed by atoms with Gasteiger partial charge in [-0.25, -0.2) is 0 Å². The van der Waals surface area contributed by atoms with Crippen LogP contribution in [-0.2, 0) is 14.3 Å². The maximum atomic E-state index is 11.4. The summed E-state index contributed by atoms with van der Waals surface area (Å²) in [6, 6.07) is 0. The largest absolute Gasteiger partial charge is 0.388 e. The summed E-state index contributed by atoms with van der Waals surface area (Å²) < 4.78 is 10.6. The zero-order valence-electron chi connectivity index (χ0n) is 9.60. The molecule has 0 amide bonds. The van der Waals surface area contributed by atoms with Crippen molar-refractivity contribution in [3.05, 3.63) is 0 Å². The van der Waals surface area contributed by atoms with Gasteiger partial charge in [-0.2, -0.15) is 0 Å². The van der Waals surface area contributed by atoms with E-state index in [1.165, 1.54) is 0 Å². The van der Waals surface area contributed by atoms with Crippen LogP contribution in [0.15, 0.2) is 0 Å². The SMILES string of the molecule is CCC(=O)C(C)C[C@@H]1OC(C)OC[C@H]1O. The number of rotatable bonds is 4. The third-order valence-electron chi connectivity index (χ3n) is 2.78. The molecule has 0 aromatic rings. The number of hydrogen-bond acceptors (Lipinski definition) is 4. The van der Waals surface area contributed by atoms with Gasteiger partial charge in [-0.05, 0) is 13.3 Å². The fourth-order valence-electron chi connectivity index (χ4n) is 1.76. The fraction of sp³-hybridized carbons (Fsp3) is 0.909. The Morgan fingerprint density at radius 3 is 2.87 bits per heavy atom. The van der Waals surface area contributed by atoms with Crippen LogP contribution in [0.3, 0.4) is 0 Å². The van der Waals surface area contributed by atoms with Crippen LogP contribution < -0.4 is 0 Å². The molecule has 0 radical (unpaired) electrons. The molecule has 88 valence electrons. The summed E-state index contributed by atoms with van der Waals surface area (Å²) in [6.07, 6.45) is -0.0766. The summed E-state index contributed by atoms with van der Waals surface area (Å²) in [7, 11) is 0. The third-order valence-corrected chi connectivity index (χ3v) is 2.78. The van der Waals surface area contributed by atoms with Gasteiger partial charge in [-0.3, -0.25) is 4.79 Å². The summed E-state index contributed by atoms with van der Waals surface area (Å²) in [6.45, 7) is 5.81. The Balaban J connectivity index is 2.45. The summed E-state index contributed by atoms with van der Waals surface area (Å²) in [4.78, 5) is 11.4. The first kappa shape index (κ1) is 12.6. The first-order chi connectivity index (χ1) is 7.04. The van der Waals surface area contributed by atoms with Gasteiger partial charge in [0.25, 0.3) is 0 Å². The van der Waals surface area contributed by atoms with Crippen LogP contribution >= 0.6 is 0 Å². The summed E-state index contributed by atoms with van der Waals surface area (Å²) in [5.74, 6) is 0.157. The quantitative estimate of drug-likeness (QED) is 0.765. The Hall–Kier alpha value is -0.450. The van der Waals surface area contributed by atoms with Gasteiger partial charge >= 0.3 is 0 Å². The number of carbonyl (C=O) groups is 1. The summed E-state index contributed by atoms with van der Waals surface area (Å²) in [5, 5.41) is 9.63. The highest BCUT2D eigenvalue weighted by Gasteiger charge is 2.30. The molecular weight excluding hydrogens is 196 g/mol. The van der Waals surface area contributed by atoms with E-state index in [0.717, 1.165) is 0 Å². The third kappa shape index (κ3) is 3.55. The van der Waals surface area contributed by atoms with Gasteiger partial charge in [0.15, 0.2) is 6.29 Å². The standard InChI is InChI=1S/C11H20O4/c1-4-9(12)7(2)5-11-10(13)6-14-8(3)15-11/h7-8,10-11,13H,4-6H2,1-3H3/t7?,8?,10-,11+/m1/s1. The highest BCUT2D eigenvalue weighted by Crippen LogP contribution is 2.20. The van der Waals surface area contributed by atoms with Crippen LogP contribution in [0.4, 0.5) is 0 Å². The molecule has 1 aliphatic rings. The van der Waals surface area contributed by atoms with E-state index in [-0.39, 0.29) is 24.1 Å². The molecule has 4 nitrogen and oxygen atoms in total. The van der Waals surface area contributed by atoms with Crippen molar-refractivity contribution in [2.75, 3.05) is 6.61 Å². The van der Waals surface area contributed by atoms with Crippen molar-refractivity contribution in [1.82, 2.24) is 0 Å². The van der Waals surface area contributed by atoms with Gasteiger partial charge in [0.05, 0.1) is 12.7 Å². The van der Waals surface area contributed by atoms with E-state index in [0.29, 0.717) is 19.4 Å². The first-order valence-electron chi connectivity index (χ1n) is 5.52. The van der Waals surface area contributed by atoms with E-state index >= 15 is 0 Å². The lowest BCUT2D eigenvalue weighted by Gasteiger charge is -2.33. The van der Waals surface area contributed by atoms with Crippen LogP contribution in [0.2, 0.25) is 0 Å². The minimum atomic E-state index is -0.617. The molecule has 0 bridgehead atoms. The molecule has 4 heteroatoms. The lowest BCUT2D eigenvalue weighted by molar-refractivity contribution is -0.246. The van der Waals surface area contributed by atoms with Crippen molar-refractivity contribution in [2.45, 2.75) is 52.1 Å². The van der Waals surface area contributed by atoms with Crippen molar-refractivity contribution >= 4 is 5.78 Å². The molecule has 0 spiro atoms. The number of hydrogen-bond donors (Lipinski definition) is 1. The number of aliphatic hydroxyl groups excluding tert-OH is 1. The molecule has 15 heavy (non-hydrogen) atoms. The van der Waals surface area contributed by atoms with E-state index in [1.54, 1.807) is 6.92 Å². The smallest absolute Gasteiger partial charge is 0.155 e. The molecule has 0 aromatic heterocycles. The van der Waals surface area contributed by atoms with Crippen LogP contribution in [0.5, 0.6) is 0 Å². The maximum Gasteiger partial charge on any atom is 0.155 e. The maximum absolute atomic E-state index is 11.4. The van der Waals surface area contributed by atoms with Gasteiger partial charge in [0, 0.05) is 12.3 Å². The molecule has 0 aliphatic carbocycles. The van der Waals surface area contributed by atoms with Crippen LogP contribution in [0.25, 0.3) is 0 Å². The molecule has 0 aromatic carbocycles. The van der Waals surface area contributed by atoms with Gasteiger partial charge < -0.3 is 14.6 Å². The second kappa shape index (κ2) is 5.58. The Bertz CT molecular complexity index is 217. The Labute approximate surface area is 90.6 Å². The van der Waals surface area contributed by atoms with Crippen LogP contribution in [0, 0.1) is 5.92 Å². The van der Waals surface area contributed by atoms with E-state index < -0.39 is 6.10 Å². The lowest BCUT2D eigenvalue weighted by atomic mass is 9.95. The second-order valence-corrected chi connectivity index (χ2v) is 4.10. The number of aliphatic hydroxyl groups is 1. The first-order valence-corrected chi connectivity index (χ1v) is 5.52. The predicted octanol–water partition coefficient (Wildman–Crippen LogP) is 1.11. The molecule has 1 saturated heterocycles. The van der Waals surface area contributed by atoms with E-state index in [9.17, 15) is 9.90 Å². The molecule has 1 N–H and O–H groups in total. The average Bonchev–Trinajstić information content (AvgIpc) is 2.22.